The van der Waals surface area contributed by atoms with Gasteiger partial charge in [0, 0.05) is 36.0 Å². The molecular weight excluding hydrogens is 445 g/mol. The van der Waals surface area contributed by atoms with Crippen LogP contribution in [0.15, 0.2) is 47.4 Å². The standard InChI is InChI=1S/C24H22FN3O4S/c1-14-12-24(2,3)26(4)20-11-19(25)16(9-18(14)20)10-21-22(29)27(23(30)33-21)13-15-6-5-7-17(8-15)28(31)32/h5-12H,13H2,1-4H3/b21-10+. The molecule has 0 unspecified atom stereocenters. The molecule has 0 N–H and O–H groups in total. The first-order valence-electron chi connectivity index (χ1n) is 10.2. The van der Waals surface area contributed by atoms with Crippen molar-refractivity contribution in [3.63, 3.8) is 0 Å². The lowest BCUT2D eigenvalue weighted by atomic mass is 9.88. The van der Waals surface area contributed by atoms with E-state index >= 15 is 0 Å². The van der Waals surface area contributed by atoms with Crippen LogP contribution in [0.4, 0.5) is 20.6 Å². The Kier molecular flexibility index (Phi) is 5.61. The number of nitrogens with zero attached hydrogens (tertiary/aromatic N) is 3. The number of thioether (sulfide) groups is 1. The summed E-state index contributed by atoms with van der Waals surface area (Å²) in [6.45, 7) is 5.95. The number of anilines is 1. The third kappa shape index (κ3) is 4.16. The van der Waals surface area contributed by atoms with Crippen molar-refractivity contribution in [3.8, 4) is 0 Å². The molecule has 170 valence electrons. The molecular formula is C24H22FN3O4S. The van der Waals surface area contributed by atoms with Gasteiger partial charge in [-0.3, -0.25) is 24.6 Å². The van der Waals surface area contributed by atoms with Crippen LogP contribution in [-0.2, 0) is 11.3 Å². The van der Waals surface area contributed by atoms with Gasteiger partial charge in [0.1, 0.15) is 5.82 Å². The van der Waals surface area contributed by atoms with Crippen molar-refractivity contribution in [1.82, 2.24) is 4.90 Å². The molecule has 0 bridgehead atoms. The van der Waals surface area contributed by atoms with Crippen molar-refractivity contribution in [2.75, 3.05) is 11.9 Å². The Hall–Kier alpha value is -3.46. The maximum absolute atomic E-state index is 15.0. The van der Waals surface area contributed by atoms with Gasteiger partial charge in [-0.25, -0.2) is 4.39 Å². The van der Waals surface area contributed by atoms with E-state index in [0.717, 1.165) is 33.5 Å². The zero-order valence-electron chi connectivity index (χ0n) is 18.6. The monoisotopic (exact) mass is 467 g/mol. The molecule has 0 aromatic heterocycles. The molecule has 0 saturated carbocycles. The summed E-state index contributed by atoms with van der Waals surface area (Å²) in [5.41, 5.74) is 2.91. The summed E-state index contributed by atoms with van der Waals surface area (Å²) < 4.78 is 15.0. The van der Waals surface area contributed by atoms with E-state index in [9.17, 15) is 24.1 Å². The highest BCUT2D eigenvalue weighted by Crippen LogP contribution is 2.40. The molecule has 1 fully saturated rings. The minimum Gasteiger partial charge on any atom is -0.365 e. The van der Waals surface area contributed by atoms with Gasteiger partial charge in [0.05, 0.1) is 21.9 Å². The molecule has 2 aliphatic heterocycles. The maximum Gasteiger partial charge on any atom is 0.293 e. The maximum atomic E-state index is 15.0. The number of rotatable bonds is 4. The Morgan fingerprint density at radius 3 is 2.64 bits per heavy atom. The van der Waals surface area contributed by atoms with Crippen LogP contribution in [0.1, 0.15) is 37.5 Å². The topological polar surface area (TPSA) is 83.8 Å². The second-order valence-electron chi connectivity index (χ2n) is 8.63. The van der Waals surface area contributed by atoms with Gasteiger partial charge < -0.3 is 4.90 Å². The van der Waals surface area contributed by atoms with Gasteiger partial charge in [-0.15, -0.1) is 0 Å². The number of allylic oxidation sites excluding steroid dienone is 1. The Morgan fingerprint density at radius 2 is 1.94 bits per heavy atom. The second kappa shape index (κ2) is 8.15. The summed E-state index contributed by atoms with van der Waals surface area (Å²) in [5.74, 6) is -1.05. The molecule has 9 heteroatoms. The zero-order valence-corrected chi connectivity index (χ0v) is 19.4. The number of amides is 2. The van der Waals surface area contributed by atoms with Crippen LogP contribution in [0.3, 0.4) is 0 Å². The normalized spacial score (nSPS) is 18.6. The Labute approximate surface area is 194 Å². The fourth-order valence-electron chi connectivity index (χ4n) is 4.03. The Morgan fingerprint density at radius 1 is 1.21 bits per heavy atom. The minimum absolute atomic E-state index is 0.0991. The molecule has 1 saturated heterocycles. The largest absolute Gasteiger partial charge is 0.365 e. The lowest BCUT2D eigenvalue weighted by molar-refractivity contribution is -0.384. The van der Waals surface area contributed by atoms with Crippen molar-refractivity contribution >= 4 is 45.9 Å². The van der Waals surface area contributed by atoms with Crippen LogP contribution in [0.25, 0.3) is 11.6 Å². The first-order chi connectivity index (χ1) is 15.5. The van der Waals surface area contributed by atoms with Crippen molar-refractivity contribution in [2.24, 2.45) is 0 Å². The highest BCUT2D eigenvalue weighted by Gasteiger charge is 2.36. The van der Waals surface area contributed by atoms with E-state index < -0.39 is 21.9 Å². The average molecular weight is 468 g/mol. The Bertz CT molecular complexity index is 1270. The number of benzene rings is 2. The van der Waals surface area contributed by atoms with Gasteiger partial charge in [0.2, 0.25) is 0 Å². The molecule has 4 rings (SSSR count). The Balaban J connectivity index is 1.64. The summed E-state index contributed by atoms with van der Waals surface area (Å²) >= 11 is 0.727. The number of nitro benzene ring substituents is 1. The minimum atomic E-state index is -0.556. The van der Waals surface area contributed by atoms with Crippen molar-refractivity contribution in [3.05, 3.63) is 80.0 Å². The number of non-ortho nitro benzene ring substituents is 1. The predicted molar refractivity (Wildman–Crippen MR) is 127 cm³/mol. The van der Waals surface area contributed by atoms with Crippen molar-refractivity contribution in [1.29, 1.82) is 0 Å². The van der Waals surface area contributed by atoms with E-state index in [2.05, 4.69) is 6.08 Å². The SMILES string of the molecule is CC1=CC(C)(C)N(C)c2cc(F)c(/C=C3/SC(=O)N(Cc4cccc([N+](=O)[O-])c4)C3=O)cc21. The number of halogens is 1. The molecule has 33 heavy (non-hydrogen) atoms. The van der Waals surface area contributed by atoms with Crippen LogP contribution in [0.5, 0.6) is 0 Å². The van der Waals surface area contributed by atoms with Crippen LogP contribution in [-0.4, -0.2) is 33.6 Å². The summed E-state index contributed by atoms with van der Waals surface area (Å²) in [6.07, 6.45) is 3.49. The molecule has 0 spiro atoms. The lowest BCUT2D eigenvalue weighted by Gasteiger charge is -2.40. The van der Waals surface area contributed by atoms with Gasteiger partial charge >= 0.3 is 0 Å². The summed E-state index contributed by atoms with van der Waals surface area (Å²) in [6, 6.07) is 8.91. The molecule has 0 atom stereocenters. The smallest absolute Gasteiger partial charge is 0.293 e. The van der Waals surface area contributed by atoms with E-state index in [1.54, 1.807) is 12.1 Å². The number of likely N-dealkylation sites (N-methyl/N-ethyl adjacent to an activating group) is 1. The van der Waals surface area contributed by atoms with Gasteiger partial charge in [0.25, 0.3) is 16.8 Å². The lowest BCUT2D eigenvalue weighted by Crippen LogP contribution is -2.42. The number of hydrogen-bond donors (Lipinski definition) is 0. The number of imide groups is 1. The molecule has 2 aromatic carbocycles. The third-order valence-corrected chi connectivity index (χ3v) is 6.87. The molecule has 0 radical (unpaired) electrons. The summed E-state index contributed by atoms with van der Waals surface area (Å²) in [7, 11) is 1.90. The molecule has 7 nitrogen and oxygen atoms in total. The average Bonchev–Trinajstić information content (AvgIpc) is 3.00. The number of fused-ring (bicyclic) bond motifs is 1. The molecule has 0 aliphatic carbocycles. The highest BCUT2D eigenvalue weighted by molar-refractivity contribution is 8.18. The van der Waals surface area contributed by atoms with Crippen LogP contribution in [0.2, 0.25) is 0 Å². The molecule has 2 amide bonds. The van der Waals surface area contributed by atoms with Crippen molar-refractivity contribution < 1.29 is 18.9 Å². The summed E-state index contributed by atoms with van der Waals surface area (Å²) in [4.78, 5) is 38.9. The van der Waals surface area contributed by atoms with E-state index in [1.807, 2.05) is 32.7 Å². The van der Waals surface area contributed by atoms with E-state index in [0.29, 0.717) is 5.56 Å². The number of nitro groups is 1. The van der Waals surface area contributed by atoms with Gasteiger partial charge in [-0.2, -0.15) is 0 Å². The highest BCUT2D eigenvalue weighted by atomic mass is 32.2. The van der Waals surface area contributed by atoms with Gasteiger partial charge in [-0.1, -0.05) is 18.2 Å². The molecule has 2 aromatic rings. The quantitative estimate of drug-likeness (QED) is 0.331. The first-order valence-corrected chi connectivity index (χ1v) is 11.1. The fourth-order valence-corrected chi connectivity index (χ4v) is 4.86. The number of carbonyl (C=O) groups is 2. The fraction of sp³-hybridized carbons (Fsp3) is 0.250. The first kappa shape index (κ1) is 22.7. The van der Waals surface area contributed by atoms with E-state index in [4.69, 9.17) is 0 Å². The van der Waals surface area contributed by atoms with Crippen LogP contribution in [0, 0.1) is 15.9 Å². The van der Waals surface area contributed by atoms with Crippen LogP contribution < -0.4 is 4.90 Å². The summed E-state index contributed by atoms with van der Waals surface area (Å²) in [5, 5.41) is 10.5. The zero-order chi connectivity index (χ0) is 24.1. The number of carbonyl (C=O) groups excluding carboxylic acids is 2. The number of hydrogen-bond acceptors (Lipinski definition) is 6. The third-order valence-electron chi connectivity index (χ3n) is 5.96. The molecule has 2 heterocycles. The predicted octanol–water partition coefficient (Wildman–Crippen LogP) is 5.60. The van der Waals surface area contributed by atoms with E-state index in [-0.39, 0.29) is 28.2 Å². The van der Waals surface area contributed by atoms with Gasteiger partial charge in [-0.05, 0) is 61.9 Å². The van der Waals surface area contributed by atoms with E-state index in [1.165, 1.54) is 30.3 Å². The van der Waals surface area contributed by atoms with Crippen molar-refractivity contribution in [2.45, 2.75) is 32.9 Å². The molecule has 2 aliphatic rings. The second-order valence-corrected chi connectivity index (χ2v) is 9.62. The van der Waals surface area contributed by atoms with Gasteiger partial charge in [0.15, 0.2) is 0 Å². The van der Waals surface area contributed by atoms with Crippen LogP contribution >= 0.6 is 11.8 Å².